The van der Waals surface area contributed by atoms with Crippen LogP contribution in [-0.2, 0) is 0 Å². The Morgan fingerprint density at radius 3 is 2.32 bits per heavy atom. The van der Waals surface area contributed by atoms with Crippen LogP contribution < -0.4 is 5.43 Å². The van der Waals surface area contributed by atoms with E-state index in [9.17, 15) is 9.90 Å². The monoisotopic (exact) mass is 332 g/mol. The van der Waals surface area contributed by atoms with E-state index in [1.807, 2.05) is 54.6 Å². The van der Waals surface area contributed by atoms with E-state index in [1.54, 1.807) is 12.1 Å². The summed E-state index contributed by atoms with van der Waals surface area (Å²) in [6.07, 6.45) is 1.68. The summed E-state index contributed by atoms with van der Waals surface area (Å²) < 4.78 is 0. The average molecular weight is 332 g/mol. The molecule has 0 aromatic heterocycles. The second-order valence-corrected chi connectivity index (χ2v) is 5.83. The molecule has 1 amide bonds. The fourth-order valence-corrected chi connectivity index (χ4v) is 2.72. The van der Waals surface area contributed by atoms with Crippen molar-refractivity contribution in [3.63, 3.8) is 0 Å². The van der Waals surface area contributed by atoms with Gasteiger partial charge in [0, 0.05) is 0 Å². The maximum atomic E-state index is 12.5. The number of nitrogens with one attached hydrogen (secondary N) is 1. The van der Waals surface area contributed by atoms with Crippen LogP contribution in [0.15, 0.2) is 71.8 Å². The minimum atomic E-state index is -0.423. The number of nitrogens with zero attached hydrogens (tertiary/aromatic N) is 1. The molecule has 3 aromatic rings. The molecule has 4 nitrogen and oxygen atoms in total. The van der Waals surface area contributed by atoms with E-state index in [0.717, 1.165) is 34.9 Å². The van der Waals surface area contributed by atoms with E-state index in [4.69, 9.17) is 0 Å². The molecule has 3 rings (SSSR count). The zero-order valence-corrected chi connectivity index (χ0v) is 14.1. The summed E-state index contributed by atoms with van der Waals surface area (Å²) in [7, 11) is 0. The number of carbonyl (C=O) groups excluding carboxylic acids is 1. The summed E-state index contributed by atoms with van der Waals surface area (Å²) in [4.78, 5) is 12.5. The molecule has 0 aliphatic heterocycles. The smallest absolute Gasteiger partial charge is 0.275 e. The molecule has 0 unspecified atom stereocenters. The van der Waals surface area contributed by atoms with E-state index < -0.39 is 5.91 Å². The summed E-state index contributed by atoms with van der Waals surface area (Å²) in [6.45, 7) is 2.06. The quantitative estimate of drug-likeness (QED) is 0.534. The molecule has 3 aromatic carbocycles. The molecule has 0 heterocycles. The standard InChI is InChI=1S/C21H20N2O2/c1-2-8-19(15-9-4-3-5-10-15)22-23-21(25)18-13-16-11-6-7-12-17(16)14-20(18)24/h3-7,9-14,24H,2,8H2,1H3,(H,23,25)/b22-19-. The lowest BCUT2D eigenvalue weighted by atomic mass is 10.1. The number of phenolic OH excluding ortho intramolecular Hbond substituents is 1. The molecule has 0 aliphatic carbocycles. The van der Waals surface area contributed by atoms with Crippen molar-refractivity contribution in [3.8, 4) is 5.75 Å². The van der Waals surface area contributed by atoms with Gasteiger partial charge in [-0.15, -0.1) is 0 Å². The van der Waals surface area contributed by atoms with Crippen molar-refractivity contribution in [2.75, 3.05) is 0 Å². The van der Waals surface area contributed by atoms with E-state index in [2.05, 4.69) is 17.5 Å². The second kappa shape index (κ2) is 7.62. The molecular formula is C21H20N2O2. The molecule has 0 saturated carbocycles. The van der Waals surface area contributed by atoms with E-state index in [1.165, 1.54) is 0 Å². The van der Waals surface area contributed by atoms with Crippen LogP contribution in [0.3, 0.4) is 0 Å². The average Bonchev–Trinajstić information content (AvgIpc) is 2.65. The Morgan fingerprint density at radius 1 is 1.00 bits per heavy atom. The maximum absolute atomic E-state index is 12.5. The van der Waals surface area contributed by atoms with Gasteiger partial charge in [0.05, 0.1) is 11.3 Å². The number of hydrazone groups is 1. The Morgan fingerprint density at radius 2 is 1.64 bits per heavy atom. The van der Waals surface area contributed by atoms with E-state index >= 15 is 0 Å². The van der Waals surface area contributed by atoms with Crippen molar-refractivity contribution in [3.05, 3.63) is 77.9 Å². The van der Waals surface area contributed by atoms with Gasteiger partial charge in [-0.2, -0.15) is 5.10 Å². The number of phenols is 1. The molecule has 0 bridgehead atoms. The van der Waals surface area contributed by atoms with Gasteiger partial charge in [-0.1, -0.05) is 67.9 Å². The van der Waals surface area contributed by atoms with E-state index in [0.29, 0.717) is 0 Å². The molecule has 0 fully saturated rings. The first-order valence-electron chi connectivity index (χ1n) is 8.33. The summed E-state index contributed by atoms with van der Waals surface area (Å²) in [5, 5.41) is 16.2. The highest BCUT2D eigenvalue weighted by Gasteiger charge is 2.12. The lowest BCUT2D eigenvalue weighted by Gasteiger charge is -2.08. The van der Waals surface area contributed by atoms with Crippen LogP contribution in [0.2, 0.25) is 0 Å². The number of hydrogen-bond acceptors (Lipinski definition) is 3. The van der Waals surface area contributed by atoms with Crippen LogP contribution in [0.4, 0.5) is 0 Å². The van der Waals surface area contributed by atoms with E-state index in [-0.39, 0.29) is 11.3 Å². The lowest BCUT2D eigenvalue weighted by molar-refractivity contribution is 0.0952. The van der Waals surface area contributed by atoms with Gasteiger partial charge in [-0.05, 0) is 34.9 Å². The number of benzene rings is 3. The maximum Gasteiger partial charge on any atom is 0.275 e. The summed E-state index contributed by atoms with van der Waals surface area (Å²) in [6, 6.07) is 20.6. The van der Waals surface area contributed by atoms with Gasteiger partial charge in [-0.3, -0.25) is 4.79 Å². The first-order chi connectivity index (χ1) is 12.2. The third-order valence-electron chi connectivity index (χ3n) is 3.99. The Labute approximate surface area is 146 Å². The Bertz CT molecular complexity index is 918. The zero-order chi connectivity index (χ0) is 17.6. The van der Waals surface area contributed by atoms with Crippen molar-refractivity contribution in [1.82, 2.24) is 5.43 Å². The fraction of sp³-hybridized carbons (Fsp3) is 0.143. The Hall–Kier alpha value is -3.14. The van der Waals surface area contributed by atoms with Crippen LogP contribution in [-0.4, -0.2) is 16.7 Å². The largest absolute Gasteiger partial charge is 0.507 e. The predicted molar refractivity (Wildman–Crippen MR) is 101 cm³/mol. The molecular weight excluding hydrogens is 312 g/mol. The Balaban J connectivity index is 1.87. The number of rotatable bonds is 5. The van der Waals surface area contributed by atoms with Gasteiger partial charge >= 0.3 is 0 Å². The zero-order valence-electron chi connectivity index (χ0n) is 14.1. The molecule has 4 heteroatoms. The first kappa shape index (κ1) is 16.7. The normalized spacial score (nSPS) is 11.5. The highest BCUT2D eigenvalue weighted by Crippen LogP contribution is 2.24. The van der Waals surface area contributed by atoms with Gasteiger partial charge in [0.25, 0.3) is 5.91 Å². The van der Waals surface area contributed by atoms with Crippen LogP contribution in [0.25, 0.3) is 10.8 Å². The predicted octanol–water partition coefficient (Wildman–Crippen LogP) is 4.48. The van der Waals surface area contributed by atoms with Crippen LogP contribution >= 0.6 is 0 Å². The molecule has 25 heavy (non-hydrogen) atoms. The molecule has 0 saturated heterocycles. The SMILES string of the molecule is CCC/C(=N/NC(=O)c1cc2ccccc2cc1O)c1ccccc1. The van der Waals surface area contributed by atoms with Crippen molar-refractivity contribution in [2.24, 2.45) is 5.10 Å². The van der Waals surface area contributed by atoms with Crippen molar-refractivity contribution in [1.29, 1.82) is 0 Å². The summed E-state index contributed by atoms with van der Waals surface area (Å²) >= 11 is 0. The number of hydrogen-bond donors (Lipinski definition) is 2. The van der Waals surface area contributed by atoms with Gasteiger partial charge in [-0.25, -0.2) is 5.43 Å². The van der Waals surface area contributed by atoms with Crippen LogP contribution in [0, 0.1) is 0 Å². The molecule has 2 N–H and O–H groups in total. The van der Waals surface area contributed by atoms with Crippen LogP contribution in [0.5, 0.6) is 5.75 Å². The Kier molecular flexibility index (Phi) is 5.09. The number of aromatic hydroxyl groups is 1. The minimum absolute atomic E-state index is 0.0526. The third-order valence-corrected chi connectivity index (χ3v) is 3.99. The molecule has 0 radical (unpaired) electrons. The fourth-order valence-electron chi connectivity index (χ4n) is 2.72. The molecule has 0 atom stereocenters. The second-order valence-electron chi connectivity index (χ2n) is 5.83. The van der Waals surface area contributed by atoms with Crippen molar-refractivity contribution in [2.45, 2.75) is 19.8 Å². The number of amides is 1. The van der Waals surface area contributed by atoms with Crippen LogP contribution in [0.1, 0.15) is 35.7 Å². The summed E-state index contributed by atoms with van der Waals surface area (Å²) in [5.41, 5.74) is 4.59. The first-order valence-corrected chi connectivity index (χ1v) is 8.33. The highest BCUT2D eigenvalue weighted by molar-refractivity contribution is 6.04. The summed E-state index contributed by atoms with van der Waals surface area (Å²) in [5.74, 6) is -0.476. The highest BCUT2D eigenvalue weighted by atomic mass is 16.3. The van der Waals surface area contributed by atoms with Gasteiger partial charge in [0.1, 0.15) is 5.75 Å². The number of carbonyl (C=O) groups is 1. The number of fused-ring (bicyclic) bond motifs is 1. The van der Waals surface area contributed by atoms with Gasteiger partial charge < -0.3 is 5.11 Å². The van der Waals surface area contributed by atoms with Gasteiger partial charge in [0.15, 0.2) is 0 Å². The van der Waals surface area contributed by atoms with Crippen molar-refractivity contribution >= 4 is 22.4 Å². The third kappa shape index (κ3) is 3.86. The van der Waals surface area contributed by atoms with Crippen molar-refractivity contribution < 1.29 is 9.90 Å². The topological polar surface area (TPSA) is 61.7 Å². The van der Waals surface area contributed by atoms with Gasteiger partial charge in [0.2, 0.25) is 0 Å². The minimum Gasteiger partial charge on any atom is -0.507 e. The molecule has 126 valence electrons. The molecule has 0 spiro atoms. The molecule has 0 aliphatic rings. The lowest BCUT2D eigenvalue weighted by Crippen LogP contribution is -2.20.